The maximum atomic E-state index is 11.2. The van der Waals surface area contributed by atoms with Gasteiger partial charge in [0.2, 0.25) is 0 Å². The molecule has 2 aliphatic rings. The summed E-state index contributed by atoms with van der Waals surface area (Å²) in [4.78, 5) is 11.2. The van der Waals surface area contributed by atoms with Crippen LogP contribution in [0, 0.1) is 0 Å². The van der Waals surface area contributed by atoms with E-state index in [9.17, 15) is 4.79 Å². The van der Waals surface area contributed by atoms with Crippen molar-refractivity contribution < 1.29 is 14.0 Å². The molecule has 2 fully saturated rings. The lowest BCUT2D eigenvalue weighted by Crippen LogP contribution is -2.48. The number of rotatable bonds is 3. The van der Waals surface area contributed by atoms with Crippen LogP contribution in [-0.4, -0.2) is 30.6 Å². The van der Waals surface area contributed by atoms with Gasteiger partial charge in [0.05, 0.1) is 6.10 Å². The predicted octanol–water partition coefficient (Wildman–Crippen LogP) is 4.72. The molecule has 2 rings (SSSR count). The summed E-state index contributed by atoms with van der Waals surface area (Å²) in [6.07, 6.45) is 6.03. The molecule has 0 aromatic heterocycles. The van der Waals surface area contributed by atoms with Crippen molar-refractivity contribution in [2.24, 2.45) is 0 Å². The Morgan fingerprint density at radius 3 is 2.48 bits per heavy atom. The van der Waals surface area contributed by atoms with Gasteiger partial charge in [0.25, 0.3) is 0 Å². The van der Waals surface area contributed by atoms with Crippen LogP contribution in [0.25, 0.3) is 0 Å². The number of carbonyl (C=O) groups excluding carboxylic acids is 1. The Labute approximate surface area is 134 Å². The Balaban J connectivity index is 2.06. The minimum Gasteiger partial charge on any atom is -0.451 e. The second-order valence-corrected chi connectivity index (χ2v) is 14.4. The van der Waals surface area contributed by atoms with Gasteiger partial charge >= 0.3 is 5.97 Å². The first-order valence-corrected chi connectivity index (χ1v) is 11.9. The van der Waals surface area contributed by atoms with Crippen molar-refractivity contribution in [2.45, 2.75) is 94.2 Å². The molecule has 21 heavy (non-hydrogen) atoms. The number of thioether (sulfide) groups is 1. The van der Waals surface area contributed by atoms with Crippen molar-refractivity contribution in [1.29, 1.82) is 0 Å². The number of ether oxygens (including phenoxy) is 1. The Bertz CT molecular complexity index is 405. The summed E-state index contributed by atoms with van der Waals surface area (Å²) in [5, 5.41) is 0.245. The fourth-order valence-electron chi connectivity index (χ4n) is 3.14. The molecule has 1 saturated carbocycles. The van der Waals surface area contributed by atoms with Gasteiger partial charge in [-0.3, -0.25) is 4.79 Å². The van der Waals surface area contributed by atoms with Gasteiger partial charge < -0.3 is 9.16 Å². The Morgan fingerprint density at radius 1 is 1.24 bits per heavy atom. The van der Waals surface area contributed by atoms with E-state index in [1.807, 2.05) is 11.8 Å². The summed E-state index contributed by atoms with van der Waals surface area (Å²) in [6, 6.07) is 0. The maximum absolute atomic E-state index is 11.2. The standard InChI is InChI=1S/C16H30O3SSi/c1-12(17)18-14-9-11-16(20-14)10-7-8-13(16)19-21(5,6)15(2,3)4/h13-14H,7-11H2,1-6H3/t13-,14-,16+/m0/s1. The van der Waals surface area contributed by atoms with Crippen LogP contribution in [-0.2, 0) is 14.0 Å². The Morgan fingerprint density at radius 2 is 1.90 bits per heavy atom. The van der Waals surface area contributed by atoms with Crippen molar-refractivity contribution in [3.63, 3.8) is 0 Å². The first-order chi connectivity index (χ1) is 9.56. The van der Waals surface area contributed by atoms with Gasteiger partial charge in [-0.1, -0.05) is 20.8 Å². The van der Waals surface area contributed by atoms with Crippen LogP contribution in [0.3, 0.4) is 0 Å². The predicted molar refractivity (Wildman–Crippen MR) is 91.0 cm³/mol. The molecule has 122 valence electrons. The van der Waals surface area contributed by atoms with E-state index in [0.717, 1.165) is 19.3 Å². The quantitative estimate of drug-likeness (QED) is 0.554. The fourth-order valence-corrected chi connectivity index (χ4v) is 6.39. The van der Waals surface area contributed by atoms with Crippen molar-refractivity contribution in [1.82, 2.24) is 0 Å². The van der Waals surface area contributed by atoms with Crippen LogP contribution in [0.1, 0.15) is 59.8 Å². The topological polar surface area (TPSA) is 35.5 Å². The van der Waals surface area contributed by atoms with E-state index < -0.39 is 8.32 Å². The number of hydrogen-bond acceptors (Lipinski definition) is 4. The summed E-state index contributed by atoms with van der Waals surface area (Å²) in [5.41, 5.74) is 0.0334. The van der Waals surface area contributed by atoms with E-state index in [2.05, 4.69) is 33.9 Å². The molecule has 1 aliphatic carbocycles. The molecule has 0 amide bonds. The summed E-state index contributed by atoms with van der Waals surface area (Å²) in [6.45, 7) is 13.1. The molecule has 3 atom stereocenters. The molecular weight excluding hydrogens is 300 g/mol. The molecule has 0 aromatic rings. The van der Waals surface area contributed by atoms with Gasteiger partial charge in [0.15, 0.2) is 8.32 Å². The van der Waals surface area contributed by atoms with Crippen molar-refractivity contribution in [2.75, 3.05) is 0 Å². The maximum Gasteiger partial charge on any atom is 0.303 e. The summed E-state index contributed by atoms with van der Waals surface area (Å²) in [7, 11) is -1.74. The zero-order valence-corrected chi connectivity index (χ0v) is 16.1. The van der Waals surface area contributed by atoms with Gasteiger partial charge in [0, 0.05) is 11.7 Å². The normalized spacial score (nSPS) is 33.6. The second-order valence-electron chi connectivity index (χ2n) is 8.02. The second kappa shape index (κ2) is 5.89. The lowest BCUT2D eigenvalue weighted by molar-refractivity contribution is -0.142. The SMILES string of the molecule is CC(=O)O[C@@H]1CC[C@@]2(CCC[C@@H]2O[Si](C)(C)C(C)(C)C)S1. The van der Waals surface area contributed by atoms with E-state index in [4.69, 9.17) is 9.16 Å². The fraction of sp³-hybridized carbons (Fsp3) is 0.938. The molecule has 0 radical (unpaired) electrons. The highest BCUT2D eigenvalue weighted by Crippen LogP contribution is 2.55. The zero-order valence-electron chi connectivity index (χ0n) is 14.3. The Hall–Kier alpha value is -0.00312. The van der Waals surface area contributed by atoms with Crippen LogP contribution < -0.4 is 0 Å². The lowest BCUT2D eigenvalue weighted by Gasteiger charge is -2.42. The third kappa shape index (κ3) is 3.67. The van der Waals surface area contributed by atoms with Gasteiger partial charge in [0.1, 0.15) is 5.44 Å². The summed E-state index contributed by atoms with van der Waals surface area (Å²) in [5.74, 6) is -0.163. The molecule has 3 nitrogen and oxygen atoms in total. The van der Waals surface area contributed by atoms with Crippen molar-refractivity contribution in [3.8, 4) is 0 Å². The van der Waals surface area contributed by atoms with Crippen LogP contribution in [0.4, 0.5) is 0 Å². The van der Waals surface area contributed by atoms with Crippen LogP contribution in [0.2, 0.25) is 18.1 Å². The van der Waals surface area contributed by atoms with E-state index in [1.165, 1.54) is 19.8 Å². The molecule has 0 N–H and O–H groups in total. The highest BCUT2D eigenvalue weighted by Gasteiger charge is 2.53. The molecular formula is C16H30O3SSi. The third-order valence-corrected chi connectivity index (χ3v) is 11.6. The average Bonchev–Trinajstić information content (AvgIpc) is 2.86. The molecule has 0 unspecified atom stereocenters. The zero-order chi connectivity index (χ0) is 15.9. The van der Waals surface area contributed by atoms with Crippen LogP contribution in [0.5, 0.6) is 0 Å². The molecule has 5 heteroatoms. The molecule has 0 bridgehead atoms. The van der Waals surface area contributed by atoms with Gasteiger partial charge in [-0.15, -0.1) is 11.8 Å². The molecule has 1 spiro atoms. The first kappa shape index (κ1) is 17.4. The smallest absolute Gasteiger partial charge is 0.303 e. The van der Waals surface area contributed by atoms with Gasteiger partial charge in [-0.25, -0.2) is 0 Å². The lowest BCUT2D eigenvalue weighted by atomic mass is 9.99. The van der Waals surface area contributed by atoms with Crippen LogP contribution >= 0.6 is 11.8 Å². The summed E-state index contributed by atoms with van der Waals surface area (Å²) >= 11 is 1.86. The largest absolute Gasteiger partial charge is 0.451 e. The number of carbonyl (C=O) groups is 1. The van der Waals surface area contributed by atoms with Gasteiger partial charge in [-0.2, -0.15) is 0 Å². The van der Waals surface area contributed by atoms with E-state index in [1.54, 1.807) is 0 Å². The number of esters is 1. The first-order valence-electron chi connectivity index (χ1n) is 8.09. The van der Waals surface area contributed by atoms with Crippen LogP contribution in [0.15, 0.2) is 0 Å². The molecule has 0 aromatic carbocycles. The van der Waals surface area contributed by atoms with E-state index in [-0.39, 0.29) is 21.2 Å². The average molecular weight is 331 g/mol. The number of hydrogen-bond donors (Lipinski definition) is 0. The monoisotopic (exact) mass is 330 g/mol. The highest BCUT2D eigenvalue weighted by molar-refractivity contribution is 8.01. The Kier molecular flexibility index (Phi) is 4.87. The minimum absolute atomic E-state index is 0.0334. The van der Waals surface area contributed by atoms with Crippen molar-refractivity contribution >= 4 is 26.0 Å². The van der Waals surface area contributed by atoms with E-state index in [0.29, 0.717) is 6.10 Å². The molecule has 1 aliphatic heterocycles. The van der Waals surface area contributed by atoms with Gasteiger partial charge in [-0.05, 0) is 50.2 Å². The van der Waals surface area contributed by atoms with E-state index >= 15 is 0 Å². The highest BCUT2D eigenvalue weighted by atomic mass is 32.2. The summed E-state index contributed by atoms with van der Waals surface area (Å²) < 4.78 is 12.3. The molecule has 1 saturated heterocycles. The van der Waals surface area contributed by atoms with Crippen molar-refractivity contribution in [3.05, 3.63) is 0 Å². The third-order valence-electron chi connectivity index (χ3n) is 5.36. The minimum atomic E-state index is -1.74. The molecule has 1 heterocycles.